The van der Waals surface area contributed by atoms with Gasteiger partial charge in [0, 0.05) is 18.2 Å². The van der Waals surface area contributed by atoms with Crippen LogP contribution in [0.3, 0.4) is 0 Å². The van der Waals surface area contributed by atoms with Crippen LogP contribution >= 0.6 is 0 Å². The molecule has 0 aliphatic carbocycles. The predicted molar refractivity (Wildman–Crippen MR) is 73.4 cm³/mol. The molecular formula is C15H21NO2. The summed E-state index contributed by atoms with van der Waals surface area (Å²) >= 11 is 0. The average molecular weight is 247 g/mol. The Hall–Kier alpha value is -1.61. The van der Waals surface area contributed by atoms with Crippen molar-refractivity contribution in [1.82, 2.24) is 5.32 Å². The first-order valence-corrected chi connectivity index (χ1v) is 6.19. The standard InChI is InChI=1S/C15H21NO2/c1-5-18-15(17)12(3)10-16-13(4)14-8-6-11(2)7-9-14/h6-9,13,16H,3,5,10H2,1-2,4H3/t13-/m1/s1. The van der Waals surface area contributed by atoms with Gasteiger partial charge in [0.25, 0.3) is 0 Å². The zero-order valence-corrected chi connectivity index (χ0v) is 11.3. The summed E-state index contributed by atoms with van der Waals surface area (Å²) in [6.45, 7) is 10.4. The molecule has 1 atom stereocenters. The fourth-order valence-electron chi connectivity index (χ4n) is 1.55. The first kappa shape index (κ1) is 14.5. The number of carbonyl (C=O) groups excluding carboxylic acids is 1. The number of ether oxygens (including phenoxy) is 1. The minimum atomic E-state index is -0.332. The zero-order chi connectivity index (χ0) is 13.5. The number of carbonyl (C=O) groups is 1. The lowest BCUT2D eigenvalue weighted by Gasteiger charge is -2.15. The highest BCUT2D eigenvalue weighted by Gasteiger charge is 2.10. The molecule has 0 spiro atoms. The Morgan fingerprint density at radius 1 is 1.39 bits per heavy atom. The van der Waals surface area contributed by atoms with E-state index < -0.39 is 0 Å². The molecule has 0 saturated heterocycles. The highest BCUT2D eigenvalue weighted by molar-refractivity contribution is 5.88. The van der Waals surface area contributed by atoms with Crippen LogP contribution in [0.4, 0.5) is 0 Å². The number of rotatable bonds is 6. The van der Waals surface area contributed by atoms with Crippen LogP contribution in [0.1, 0.15) is 31.0 Å². The maximum Gasteiger partial charge on any atom is 0.334 e. The molecule has 98 valence electrons. The molecule has 18 heavy (non-hydrogen) atoms. The van der Waals surface area contributed by atoms with Gasteiger partial charge in [-0.25, -0.2) is 4.79 Å². The van der Waals surface area contributed by atoms with Crippen molar-refractivity contribution in [3.05, 3.63) is 47.5 Å². The van der Waals surface area contributed by atoms with E-state index in [1.165, 1.54) is 11.1 Å². The number of benzene rings is 1. The van der Waals surface area contributed by atoms with Crippen LogP contribution in [-0.4, -0.2) is 19.1 Å². The molecule has 0 heterocycles. The fraction of sp³-hybridized carbons (Fsp3) is 0.400. The number of aryl methyl sites for hydroxylation is 1. The number of esters is 1. The van der Waals surface area contributed by atoms with Gasteiger partial charge >= 0.3 is 5.97 Å². The first-order valence-electron chi connectivity index (χ1n) is 6.19. The fourth-order valence-corrected chi connectivity index (χ4v) is 1.55. The van der Waals surface area contributed by atoms with Gasteiger partial charge in [-0.3, -0.25) is 0 Å². The number of hydrogen-bond acceptors (Lipinski definition) is 3. The summed E-state index contributed by atoms with van der Waals surface area (Å²) in [6, 6.07) is 8.50. The van der Waals surface area contributed by atoms with Crippen LogP contribution in [0.5, 0.6) is 0 Å². The van der Waals surface area contributed by atoms with Crippen molar-refractivity contribution < 1.29 is 9.53 Å². The van der Waals surface area contributed by atoms with E-state index in [9.17, 15) is 4.79 Å². The Bertz CT molecular complexity index is 409. The number of nitrogens with one attached hydrogen (secondary N) is 1. The van der Waals surface area contributed by atoms with Crippen molar-refractivity contribution in [1.29, 1.82) is 0 Å². The second-order valence-corrected chi connectivity index (χ2v) is 4.34. The summed E-state index contributed by atoms with van der Waals surface area (Å²) in [7, 11) is 0. The third kappa shape index (κ3) is 4.34. The molecule has 3 heteroatoms. The third-order valence-corrected chi connectivity index (χ3v) is 2.76. The topological polar surface area (TPSA) is 38.3 Å². The van der Waals surface area contributed by atoms with E-state index in [0.29, 0.717) is 18.7 Å². The highest BCUT2D eigenvalue weighted by Crippen LogP contribution is 2.13. The molecule has 0 aliphatic rings. The Morgan fingerprint density at radius 3 is 2.56 bits per heavy atom. The molecule has 1 N–H and O–H groups in total. The minimum Gasteiger partial charge on any atom is -0.463 e. The first-order chi connectivity index (χ1) is 8.54. The summed E-state index contributed by atoms with van der Waals surface area (Å²) in [5.41, 5.74) is 2.88. The van der Waals surface area contributed by atoms with Crippen molar-refractivity contribution in [3.8, 4) is 0 Å². The smallest absolute Gasteiger partial charge is 0.334 e. The highest BCUT2D eigenvalue weighted by atomic mass is 16.5. The molecule has 0 radical (unpaired) electrons. The van der Waals surface area contributed by atoms with Crippen LogP contribution in [0.15, 0.2) is 36.4 Å². The maximum atomic E-state index is 11.4. The van der Waals surface area contributed by atoms with Gasteiger partial charge in [-0.15, -0.1) is 0 Å². The summed E-state index contributed by atoms with van der Waals surface area (Å²) in [6.07, 6.45) is 0. The van der Waals surface area contributed by atoms with Crippen LogP contribution in [0, 0.1) is 6.92 Å². The van der Waals surface area contributed by atoms with Gasteiger partial charge in [0.15, 0.2) is 0 Å². The molecule has 1 aromatic carbocycles. The summed E-state index contributed by atoms with van der Waals surface area (Å²) in [4.78, 5) is 11.4. The largest absolute Gasteiger partial charge is 0.463 e. The monoisotopic (exact) mass is 247 g/mol. The van der Waals surface area contributed by atoms with Gasteiger partial charge in [0.05, 0.1) is 6.61 Å². The Morgan fingerprint density at radius 2 is 2.00 bits per heavy atom. The van der Waals surface area contributed by atoms with E-state index in [-0.39, 0.29) is 12.0 Å². The van der Waals surface area contributed by atoms with Crippen LogP contribution in [0.2, 0.25) is 0 Å². The SMILES string of the molecule is C=C(CN[C@H](C)c1ccc(C)cc1)C(=O)OCC. The van der Waals surface area contributed by atoms with Crippen molar-refractivity contribution in [3.63, 3.8) is 0 Å². The van der Waals surface area contributed by atoms with Crippen LogP contribution < -0.4 is 5.32 Å². The van der Waals surface area contributed by atoms with Gasteiger partial charge in [-0.1, -0.05) is 36.4 Å². The Balaban J connectivity index is 2.46. The Labute approximate surface area is 109 Å². The van der Waals surface area contributed by atoms with Gasteiger partial charge in [-0.2, -0.15) is 0 Å². The van der Waals surface area contributed by atoms with E-state index in [4.69, 9.17) is 4.74 Å². The van der Waals surface area contributed by atoms with Crippen molar-refractivity contribution in [2.75, 3.05) is 13.2 Å². The van der Waals surface area contributed by atoms with E-state index in [1.807, 2.05) is 0 Å². The minimum absolute atomic E-state index is 0.178. The molecule has 0 unspecified atom stereocenters. The molecule has 0 fully saturated rings. The van der Waals surface area contributed by atoms with Crippen LogP contribution in [-0.2, 0) is 9.53 Å². The molecule has 0 aliphatic heterocycles. The molecule has 0 aromatic heterocycles. The summed E-state index contributed by atoms with van der Waals surface area (Å²) < 4.78 is 4.88. The quantitative estimate of drug-likeness (QED) is 0.620. The molecule has 1 aromatic rings. The van der Waals surface area contributed by atoms with E-state index in [0.717, 1.165) is 0 Å². The second kappa shape index (κ2) is 6.97. The van der Waals surface area contributed by atoms with Crippen LogP contribution in [0.25, 0.3) is 0 Å². The molecule has 1 rings (SSSR count). The predicted octanol–water partition coefficient (Wildman–Crippen LogP) is 2.76. The summed E-state index contributed by atoms with van der Waals surface area (Å²) in [5, 5.41) is 3.26. The van der Waals surface area contributed by atoms with E-state index in [2.05, 4.69) is 50.0 Å². The van der Waals surface area contributed by atoms with Gasteiger partial charge < -0.3 is 10.1 Å². The maximum absolute atomic E-state index is 11.4. The van der Waals surface area contributed by atoms with Gasteiger partial charge in [0.1, 0.15) is 0 Å². The average Bonchev–Trinajstić information content (AvgIpc) is 2.36. The van der Waals surface area contributed by atoms with Gasteiger partial charge in [0.2, 0.25) is 0 Å². The normalized spacial score (nSPS) is 11.9. The van der Waals surface area contributed by atoms with E-state index >= 15 is 0 Å². The van der Waals surface area contributed by atoms with Crippen molar-refractivity contribution in [2.45, 2.75) is 26.8 Å². The molecule has 0 saturated carbocycles. The zero-order valence-electron chi connectivity index (χ0n) is 11.3. The van der Waals surface area contributed by atoms with E-state index in [1.54, 1.807) is 6.92 Å². The molecule has 0 bridgehead atoms. The molecule has 0 amide bonds. The lowest BCUT2D eigenvalue weighted by Crippen LogP contribution is -2.24. The lowest BCUT2D eigenvalue weighted by atomic mass is 10.1. The molecule has 3 nitrogen and oxygen atoms in total. The lowest BCUT2D eigenvalue weighted by molar-refractivity contribution is -0.138. The third-order valence-electron chi connectivity index (χ3n) is 2.76. The molecular weight excluding hydrogens is 226 g/mol. The van der Waals surface area contributed by atoms with Gasteiger partial charge in [-0.05, 0) is 26.3 Å². The van der Waals surface area contributed by atoms with Crippen molar-refractivity contribution >= 4 is 5.97 Å². The Kier molecular flexibility index (Phi) is 5.59. The second-order valence-electron chi connectivity index (χ2n) is 4.34. The summed E-state index contributed by atoms with van der Waals surface area (Å²) in [5.74, 6) is -0.332. The van der Waals surface area contributed by atoms with Crippen molar-refractivity contribution in [2.24, 2.45) is 0 Å². The number of hydrogen-bond donors (Lipinski definition) is 1.